The first-order valence-corrected chi connectivity index (χ1v) is 7.94. The molecule has 1 aromatic rings. The summed E-state index contributed by atoms with van der Waals surface area (Å²) in [6.45, 7) is 7.30. The molecule has 0 aliphatic carbocycles. The van der Waals surface area contributed by atoms with E-state index in [0.717, 1.165) is 12.1 Å². The zero-order valence-electron chi connectivity index (χ0n) is 14.3. The highest BCUT2D eigenvalue weighted by atomic mass is 35.5. The Labute approximate surface area is 145 Å². The Morgan fingerprint density at radius 3 is 2.21 bits per heavy atom. The molecule has 0 aromatic heterocycles. The van der Waals surface area contributed by atoms with Gasteiger partial charge >= 0.3 is 13.1 Å². The van der Waals surface area contributed by atoms with Crippen molar-refractivity contribution in [2.75, 3.05) is 7.11 Å². The summed E-state index contributed by atoms with van der Waals surface area (Å²) in [6.07, 6.45) is -0.257. The van der Waals surface area contributed by atoms with E-state index in [1.807, 2.05) is 27.7 Å². The molecule has 1 aromatic carbocycles. The number of rotatable bonds is 4. The van der Waals surface area contributed by atoms with E-state index in [-0.39, 0.29) is 12.0 Å². The number of hydrogen-bond donors (Lipinski definition) is 0. The summed E-state index contributed by atoms with van der Waals surface area (Å²) in [4.78, 5) is 11.8. The number of ether oxygens (including phenoxy) is 1. The minimum atomic E-state index is -0.970. The largest absolute Gasteiger partial charge is 0.469 e. The van der Waals surface area contributed by atoms with Gasteiger partial charge in [-0.05, 0) is 39.8 Å². The van der Waals surface area contributed by atoms with Gasteiger partial charge < -0.3 is 14.0 Å². The van der Waals surface area contributed by atoms with Crippen LogP contribution in [0.1, 0.15) is 45.5 Å². The van der Waals surface area contributed by atoms with Crippen molar-refractivity contribution in [3.63, 3.8) is 0 Å². The highest BCUT2D eigenvalue weighted by Crippen LogP contribution is 2.43. The Hall–Kier alpha value is -1.18. The molecule has 4 nitrogen and oxygen atoms in total. The average Bonchev–Trinajstić information content (AvgIpc) is 2.70. The van der Waals surface area contributed by atoms with Crippen LogP contribution in [-0.2, 0) is 18.8 Å². The van der Waals surface area contributed by atoms with E-state index in [9.17, 15) is 13.6 Å². The van der Waals surface area contributed by atoms with Crippen LogP contribution in [0, 0.1) is 11.6 Å². The summed E-state index contributed by atoms with van der Waals surface area (Å²) in [7, 11) is 0.246. The third kappa shape index (κ3) is 3.43. The van der Waals surface area contributed by atoms with Gasteiger partial charge in [0.15, 0.2) is 0 Å². The van der Waals surface area contributed by atoms with Crippen LogP contribution in [0.15, 0.2) is 12.1 Å². The monoisotopic (exact) mass is 360 g/mol. The van der Waals surface area contributed by atoms with Crippen molar-refractivity contribution in [2.24, 2.45) is 0 Å². The van der Waals surface area contributed by atoms with Gasteiger partial charge in [0.2, 0.25) is 0 Å². The van der Waals surface area contributed by atoms with Gasteiger partial charge in [-0.25, -0.2) is 8.78 Å². The van der Waals surface area contributed by atoms with E-state index >= 15 is 0 Å². The summed E-state index contributed by atoms with van der Waals surface area (Å²) >= 11 is 5.96. The minimum Gasteiger partial charge on any atom is -0.469 e. The smallest absolute Gasteiger partial charge is 0.466 e. The van der Waals surface area contributed by atoms with Gasteiger partial charge in [0, 0.05) is 11.4 Å². The van der Waals surface area contributed by atoms with Crippen molar-refractivity contribution in [2.45, 2.75) is 51.1 Å². The van der Waals surface area contributed by atoms with Crippen LogP contribution in [-0.4, -0.2) is 31.4 Å². The predicted molar refractivity (Wildman–Crippen MR) is 86.8 cm³/mol. The first-order chi connectivity index (χ1) is 11.0. The fourth-order valence-electron chi connectivity index (χ4n) is 2.53. The molecule has 1 heterocycles. The van der Waals surface area contributed by atoms with Gasteiger partial charge in [-0.2, -0.15) is 0 Å². The molecule has 2 rings (SSSR count). The summed E-state index contributed by atoms with van der Waals surface area (Å²) in [5.41, 5.74) is -1.54. The zero-order chi connectivity index (χ0) is 18.3. The molecule has 0 N–H and O–H groups in total. The average molecular weight is 361 g/mol. The van der Waals surface area contributed by atoms with Crippen molar-refractivity contribution >= 4 is 24.7 Å². The lowest BCUT2D eigenvalue weighted by atomic mass is 9.66. The van der Waals surface area contributed by atoms with Crippen LogP contribution >= 0.6 is 11.6 Å². The number of halogens is 3. The quantitative estimate of drug-likeness (QED) is 0.464. The van der Waals surface area contributed by atoms with Crippen molar-refractivity contribution in [3.8, 4) is 0 Å². The van der Waals surface area contributed by atoms with Crippen molar-refractivity contribution in [1.82, 2.24) is 0 Å². The topological polar surface area (TPSA) is 44.8 Å². The molecule has 8 heteroatoms. The van der Waals surface area contributed by atoms with E-state index in [2.05, 4.69) is 4.74 Å². The molecule has 0 radical (unpaired) electrons. The van der Waals surface area contributed by atoms with E-state index in [1.54, 1.807) is 0 Å². The molecule has 0 amide bonds. The maximum absolute atomic E-state index is 14.4. The fraction of sp³-hybridized carbons (Fsp3) is 0.562. The van der Waals surface area contributed by atoms with Crippen LogP contribution in [0.25, 0.3) is 0 Å². The number of carbonyl (C=O) groups excluding carboxylic acids is 1. The van der Waals surface area contributed by atoms with Crippen molar-refractivity contribution in [1.29, 1.82) is 0 Å². The summed E-state index contributed by atoms with van der Waals surface area (Å²) < 4.78 is 44.7. The minimum absolute atomic E-state index is 0.152. The molecule has 1 aliphatic rings. The summed E-state index contributed by atoms with van der Waals surface area (Å²) in [5.74, 6) is -3.05. The number of benzene rings is 1. The second kappa shape index (κ2) is 6.62. The normalized spacial score (nSPS) is 20.1. The fourth-order valence-corrected chi connectivity index (χ4v) is 2.83. The molecule has 1 saturated heterocycles. The molecule has 0 bridgehead atoms. The maximum atomic E-state index is 14.4. The molecule has 24 heavy (non-hydrogen) atoms. The molecule has 1 aliphatic heterocycles. The molecular weight excluding hydrogens is 340 g/mol. The van der Waals surface area contributed by atoms with Gasteiger partial charge in [0.25, 0.3) is 0 Å². The summed E-state index contributed by atoms with van der Waals surface area (Å²) in [5, 5.41) is -0.390. The van der Waals surface area contributed by atoms with Gasteiger partial charge in [-0.3, -0.25) is 4.79 Å². The van der Waals surface area contributed by atoms with Gasteiger partial charge in [0.05, 0.1) is 29.8 Å². The molecule has 0 spiro atoms. The molecule has 1 fully saturated rings. The second-order valence-corrected chi connectivity index (χ2v) is 7.15. The lowest BCUT2D eigenvalue weighted by molar-refractivity contribution is -0.140. The van der Waals surface area contributed by atoms with Crippen LogP contribution in [0.5, 0.6) is 0 Å². The van der Waals surface area contributed by atoms with Gasteiger partial charge in [-0.15, -0.1) is 0 Å². The van der Waals surface area contributed by atoms with Crippen LogP contribution in [0.2, 0.25) is 5.02 Å². The molecular formula is C16H20BClF2O4. The second-order valence-electron chi connectivity index (χ2n) is 6.77. The Morgan fingerprint density at radius 1 is 1.21 bits per heavy atom. The molecule has 0 saturated carbocycles. The van der Waals surface area contributed by atoms with Crippen LogP contribution < -0.4 is 0 Å². The Balaban J connectivity index is 2.48. The molecule has 1 unspecified atom stereocenters. The number of esters is 1. The standard InChI is InChI=1S/C16H20BClF2O4/c1-15(2)16(3,4)24-17(23-15)9(8-12(21)22-5)13-10(19)6-7-11(20)14(13)18/h6-7,9H,8H2,1-5H3. The van der Waals surface area contributed by atoms with E-state index in [1.165, 1.54) is 7.11 Å². The third-order valence-corrected chi connectivity index (χ3v) is 5.05. The zero-order valence-corrected chi connectivity index (χ0v) is 15.0. The number of hydrogen-bond acceptors (Lipinski definition) is 4. The first kappa shape index (κ1) is 19.2. The highest BCUT2D eigenvalue weighted by molar-refractivity contribution is 6.48. The first-order valence-electron chi connectivity index (χ1n) is 7.56. The third-order valence-electron chi connectivity index (χ3n) is 4.66. The van der Waals surface area contributed by atoms with E-state index < -0.39 is 46.8 Å². The van der Waals surface area contributed by atoms with Crippen molar-refractivity contribution < 1.29 is 27.6 Å². The highest BCUT2D eigenvalue weighted by Gasteiger charge is 2.55. The van der Waals surface area contributed by atoms with Gasteiger partial charge in [0.1, 0.15) is 11.6 Å². The number of carbonyl (C=O) groups is 1. The van der Waals surface area contributed by atoms with Gasteiger partial charge in [-0.1, -0.05) is 11.6 Å². The number of methoxy groups -OCH3 is 1. The summed E-state index contributed by atoms with van der Waals surface area (Å²) in [6, 6.07) is 1.90. The molecule has 1 atom stereocenters. The Bertz CT molecular complexity index is 635. The Kier molecular flexibility index (Phi) is 5.28. The Morgan fingerprint density at radius 2 is 1.71 bits per heavy atom. The van der Waals surface area contributed by atoms with E-state index in [4.69, 9.17) is 20.9 Å². The van der Waals surface area contributed by atoms with Crippen molar-refractivity contribution in [3.05, 3.63) is 34.4 Å². The van der Waals surface area contributed by atoms with Crippen LogP contribution in [0.4, 0.5) is 8.78 Å². The van der Waals surface area contributed by atoms with Crippen LogP contribution in [0.3, 0.4) is 0 Å². The SMILES string of the molecule is COC(=O)CC(B1OC(C)(C)C(C)(C)O1)c1c(F)ccc(F)c1Cl. The van der Waals surface area contributed by atoms with E-state index in [0.29, 0.717) is 0 Å². The lowest BCUT2D eigenvalue weighted by Crippen LogP contribution is -2.41. The predicted octanol–water partition coefficient (Wildman–Crippen LogP) is 3.90. The molecule has 132 valence electrons. The lowest BCUT2D eigenvalue weighted by Gasteiger charge is -2.32. The maximum Gasteiger partial charge on any atom is 0.466 e.